The van der Waals surface area contributed by atoms with E-state index in [0.717, 1.165) is 44.2 Å². The number of rotatable bonds is 6. The Kier molecular flexibility index (Phi) is 5.81. The van der Waals surface area contributed by atoms with Gasteiger partial charge in [-0.2, -0.15) is 0 Å². The molecule has 2 heterocycles. The number of hydrogen-bond donors (Lipinski definition) is 1. The predicted octanol–water partition coefficient (Wildman–Crippen LogP) is 2.99. The summed E-state index contributed by atoms with van der Waals surface area (Å²) in [5.41, 5.74) is 1.28. The summed E-state index contributed by atoms with van der Waals surface area (Å²) in [6.07, 6.45) is 3.35. The Balaban J connectivity index is 2.18. The molecule has 0 aliphatic carbocycles. The minimum Gasteiger partial charge on any atom is -0.381 e. The molecule has 4 nitrogen and oxygen atoms in total. The molecule has 0 spiro atoms. The lowest BCUT2D eigenvalue weighted by atomic mass is 10.0. The fourth-order valence-electron chi connectivity index (χ4n) is 2.60. The van der Waals surface area contributed by atoms with Crippen molar-refractivity contribution in [1.82, 2.24) is 10.3 Å². The van der Waals surface area contributed by atoms with Crippen molar-refractivity contribution in [3.63, 3.8) is 0 Å². The molecule has 0 bridgehead atoms. The first-order chi connectivity index (χ1) is 9.67. The molecule has 1 atom stereocenters. The van der Waals surface area contributed by atoms with Gasteiger partial charge in [-0.15, -0.1) is 11.3 Å². The quantitative estimate of drug-likeness (QED) is 0.876. The first-order valence-corrected chi connectivity index (χ1v) is 8.43. The third-order valence-electron chi connectivity index (χ3n) is 4.17. The number of anilines is 1. The molecule has 2 rings (SSSR count). The Labute approximate surface area is 126 Å². The SMILES string of the molecule is CCC(C)c1nc(N(C)C2CCOCC2)sc1CNC. The molecular weight excluding hydrogens is 270 g/mol. The molecule has 0 radical (unpaired) electrons. The number of nitrogens with zero attached hydrogens (tertiary/aromatic N) is 2. The van der Waals surface area contributed by atoms with Crippen LogP contribution in [0.25, 0.3) is 0 Å². The normalized spacial score (nSPS) is 18.2. The van der Waals surface area contributed by atoms with Gasteiger partial charge in [0, 0.05) is 37.7 Å². The van der Waals surface area contributed by atoms with Crippen molar-refractivity contribution in [1.29, 1.82) is 0 Å². The zero-order valence-corrected chi connectivity index (χ0v) is 13.9. The molecule has 20 heavy (non-hydrogen) atoms. The standard InChI is InChI=1S/C15H27N3OS/c1-5-11(2)14-13(10-16-3)20-15(17-14)18(4)12-6-8-19-9-7-12/h11-12,16H,5-10H2,1-4H3. The molecule has 1 fully saturated rings. The fraction of sp³-hybridized carbons (Fsp3) is 0.800. The van der Waals surface area contributed by atoms with Gasteiger partial charge >= 0.3 is 0 Å². The van der Waals surface area contributed by atoms with E-state index >= 15 is 0 Å². The molecule has 5 heteroatoms. The third kappa shape index (κ3) is 3.51. The second kappa shape index (κ2) is 7.38. The number of ether oxygens (including phenoxy) is 1. The van der Waals surface area contributed by atoms with Gasteiger partial charge in [-0.05, 0) is 32.2 Å². The molecule has 1 aromatic heterocycles. The first-order valence-electron chi connectivity index (χ1n) is 7.62. The van der Waals surface area contributed by atoms with Gasteiger partial charge in [0.1, 0.15) is 0 Å². The predicted molar refractivity (Wildman–Crippen MR) is 85.8 cm³/mol. The van der Waals surface area contributed by atoms with Gasteiger partial charge in [-0.25, -0.2) is 4.98 Å². The van der Waals surface area contributed by atoms with Crippen molar-refractivity contribution in [3.05, 3.63) is 10.6 Å². The van der Waals surface area contributed by atoms with Crippen molar-refractivity contribution in [3.8, 4) is 0 Å². The lowest BCUT2D eigenvalue weighted by molar-refractivity contribution is 0.0855. The lowest BCUT2D eigenvalue weighted by Crippen LogP contribution is -2.36. The second-order valence-corrected chi connectivity index (χ2v) is 6.66. The number of aromatic nitrogens is 1. The molecule has 1 unspecified atom stereocenters. The van der Waals surface area contributed by atoms with Crippen molar-refractivity contribution in [2.24, 2.45) is 0 Å². The fourth-order valence-corrected chi connectivity index (χ4v) is 3.82. The van der Waals surface area contributed by atoms with E-state index in [1.54, 1.807) is 0 Å². The summed E-state index contributed by atoms with van der Waals surface area (Å²) in [6.45, 7) is 7.17. The van der Waals surface area contributed by atoms with Crippen LogP contribution in [0.1, 0.15) is 49.6 Å². The van der Waals surface area contributed by atoms with Gasteiger partial charge in [0.05, 0.1) is 5.69 Å². The number of hydrogen-bond acceptors (Lipinski definition) is 5. The van der Waals surface area contributed by atoms with E-state index in [1.165, 1.54) is 10.6 Å². The van der Waals surface area contributed by atoms with Crippen molar-refractivity contribution < 1.29 is 4.74 Å². The Morgan fingerprint density at radius 1 is 1.45 bits per heavy atom. The van der Waals surface area contributed by atoms with Gasteiger partial charge < -0.3 is 15.0 Å². The van der Waals surface area contributed by atoms with Crippen LogP contribution in [0.5, 0.6) is 0 Å². The average Bonchev–Trinajstić information content (AvgIpc) is 2.91. The van der Waals surface area contributed by atoms with Crippen LogP contribution < -0.4 is 10.2 Å². The van der Waals surface area contributed by atoms with Gasteiger partial charge in [0.2, 0.25) is 0 Å². The highest BCUT2D eigenvalue weighted by atomic mass is 32.1. The Morgan fingerprint density at radius 3 is 2.75 bits per heavy atom. The highest BCUT2D eigenvalue weighted by Gasteiger charge is 2.23. The number of nitrogens with one attached hydrogen (secondary N) is 1. The molecule has 1 saturated heterocycles. The van der Waals surface area contributed by atoms with E-state index in [9.17, 15) is 0 Å². The van der Waals surface area contributed by atoms with Crippen LogP contribution in [0.3, 0.4) is 0 Å². The molecular formula is C15H27N3OS. The summed E-state index contributed by atoms with van der Waals surface area (Å²) >= 11 is 1.84. The van der Waals surface area contributed by atoms with Gasteiger partial charge in [0.15, 0.2) is 5.13 Å². The average molecular weight is 297 g/mol. The van der Waals surface area contributed by atoms with Crippen molar-refractivity contribution >= 4 is 16.5 Å². The smallest absolute Gasteiger partial charge is 0.185 e. The van der Waals surface area contributed by atoms with Crippen molar-refractivity contribution in [2.75, 3.05) is 32.2 Å². The summed E-state index contributed by atoms with van der Waals surface area (Å²) in [6, 6.07) is 0.571. The molecule has 0 amide bonds. The maximum atomic E-state index is 5.46. The Hall–Kier alpha value is -0.650. The summed E-state index contributed by atoms with van der Waals surface area (Å²) < 4.78 is 5.46. The molecule has 1 N–H and O–H groups in total. The Bertz CT molecular complexity index is 415. The maximum absolute atomic E-state index is 5.46. The highest BCUT2D eigenvalue weighted by Crippen LogP contribution is 2.33. The molecule has 1 aromatic rings. The first kappa shape index (κ1) is 15.7. The third-order valence-corrected chi connectivity index (χ3v) is 5.33. The van der Waals surface area contributed by atoms with Crippen LogP contribution in [0, 0.1) is 0 Å². The topological polar surface area (TPSA) is 37.4 Å². The summed E-state index contributed by atoms with van der Waals surface area (Å²) in [7, 11) is 4.18. The second-order valence-electron chi connectivity index (χ2n) is 5.60. The lowest BCUT2D eigenvalue weighted by Gasteiger charge is -2.30. The molecule has 0 saturated carbocycles. The van der Waals surface area contributed by atoms with E-state index in [1.807, 2.05) is 18.4 Å². The van der Waals surface area contributed by atoms with Crippen LogP contribution in [0.15, 0.2) is 0 Å². The summed E-state index contributed by atoms with van der Waals surface area (Å²) in [5, 5.41) is 4.43. The van der Waals surface area contributed by atoms with Crippen molar-refractivity contribution in [2.45, 2.75) is 51.6 Å². The maximum Gasteiger partial charge on any atom is 0.185 e. The number of thiazole rings is 1. The zero-order valence-electron chi connectivity index (χ0n) is 13.1. The minimum atomic E-state index is 0.534. The molecule has 114 valence electrons. The van der Waals surface area contributed by atoms with Crippen LogP contribution >= 0.6 is 11.3 Å². The summed E-state index contributed by atoms with van der Waals surface area (Å²) in [4.78, 5) is 8.68. The van der Waals surface area contributed by atoms with E-state index in [0.29, 0.717) is 12.0 Å². The van der Waals surface area contributed by atoms with Crippen LogP contribution in [-0.2, 0) is 11.3 Å². The Morgan fingerprint density at radius 2 is 2.15 bits per heavy atom. The van der Waals surface area contributed by atoms with E-state index < -0.39 is 0 Å². The largest absolute Gasteiger partial charge is 0.381 e. The molecule has 1 aliphatic rings. The van der Waals surface area contributed by atoms with Gasteiger partial charge in [-0.3, -0.25) is 0 Å². The van der Waals surface area contributed by atoms with Crippen LogP contribution in [0.4, 0.5) is 5.13 Å². The highest BCUT2D eigenvalue weighted by molar-refractivity contribution is 7.15. The van der Waals surface area contributed by atoms with E-state index in [2.05, 4.69) is 31.1 Å². The summed E-state index contributed by atoms with van der Waals surface area (Å²) in [5.74, 6) is 0.534. The molecule has 1 aliphatic heterocycles. The van der Waals surface area contributed by atoms with E-state index in [-0.39, 0.29) is 0 Å². The molecule has 0 aromatic carbocycles. The van der Waals surface area contributed by atoms with Gasteiger partial charge in [0.25, 0.3) is 0 Å². The monoisotopic (exact) mass is 297 g/mol. The van der Waals surface area contributed by atoms with Crippen LogP contribution in [0.2, 0.25) is 0 Å². The minimum absolute atomic E-state index is 0.534. The van der Waals surface area contributed by atoms with Crippen LogP contribution in [-0.4, -0.2) is 38.3 Å². The van der Waals surface area contributed by atoms with E-state index in [4.69, 9.17) is 9.72 Å². The van der Waals surface area contributed by atoms with Gasteiger partial charge in [-0.1, -0.05) is 13.8 Å². The zero-order chi connectivity index (χ0) is 14.5.